The number of benzene rings is 2. The molecule has 0 aliphatic carbocycles. The Morgan fingerprint density at radius 3 is 2.62 bits per heavy atom. The van der Waals surface area contributed by atoms with Crippen molar-refractivity contribution >= 4 is 61.6 Å². The summed E-state index contributed by atoms with van der Waals surface area (Å²) < 4.78 is 23.3. The summed E-state index contributed by atoms with van der Waals surface area (Å²) in [4.78, 5) is 29.5. The van der Waals surface area contributed by atoms with Crippen LogP contribution < -0.4 is 15.8 Å². The molecule has 0 bridgehead atoms. The minimum Gasteiger partial charge on any atom is -0.358 e. The Balaban J connectivity index is 1.37. The molecule has 5 N–H and O–H groups in total. The number of hydrogen-bond donors (Lipinski definition) is 4. The Morgan fingerprint density at radius 2 is 1.87 bits per heavy atom. The summed E-state index contributed by atoms with van der Waals surface area (Å²) >= 11 is 6.33. The zero-order valence-electron chi connectivity index (χ0n) is 21.5. The van der Waals surface area contributed by atoms with Gasteiger partial charge in [0.15, 0.2) is 5.82 Å². The molecule has 0 saturated carbocycles. The standard InChI is InChI=1S/C26H29ClN8O3S/c1-16-23(25(36)35-11-9-34(2)10-12-35)19-8-7-18(13-22(19)30-16)31-26-29-14-20(27)24(33-26)32-21-6-4-3-5-17(21)15-39(28,37)38/h3-8,13-14,30H,9-12,15H2,1-2H3,(H2,28,37,38)(H2,29,31,32,33). The largest absolute Gasteiger partial charge is 0.358 e. The Kier molecular flexibility index (Phi) is 7.45. The van der Waals surface area contributed by atoms with E-state index >= 15 is 0 Å². The van der Waals surface area contributed by atoms with Gasteiger partial charge in [-0.1, -0.05) is 29.8 Å². The van der Waals surface area contributed by atoms with Gasteiger partial charge in [0.2, 0.25) is 16.0 Å². The number of H-pyrrole nitrogens is 1. The molecule has 0 unspecified atom stereocenters. The fraction of sp³-hybridized carbons (Fsp3) is 0.269. The minimum atomic E-state index is -3.73. The second-order valence-corrected chi connectivity index (χ2v) is 11.6. The second kappa shape index (κ2) is 10.8. The highest BCUT2D eigenvalue weighted by Gasteiger charge is 2.24. The number of anilines is 4. The smallest absolute Gasteiger partial charge is 0.256 e. The quantitative estimate of drug-likeness (QED) is 0.264. The fourth-order valence-corrected chi connectivity index (χ4v) is 5.43. The van der Waals surface area contributed by atoms with E-state index in [-0.39, 0.29) is 22.6 Å². The van der Waals surface area contributed by atoms with E-state index < -0.39 is 10.0 Å². The fourth-order valence-electron chi connectivity index (χ4n) is 4.61. The molecular formula is C26H29ClN8O3S. The molecule has 39 heavy (non-hydrogen) atoms. The molecule has 1 fully saturated rings. The number of halogens is 1. The number of hydrogen-bond acceptors (Lipinski definition) is 8. The van der Waals surface area contributed by atoms with Crippen LogP contribution in [0.2, 0.25) is 5.02 Å². The first-order valence-corrected chi connectivity index (χ1v) is 14.4. The highest BCUT2D eigenvalue weighted by molar-refractivity contribution is 7.88. The summed E-state index contributed by atoms with van der Waals surface area (Å²) in [6.45, 7) is 5.04. The first-order chi connectivity index (χ1) is 18.6. The Bertz CT molecular complexity index is 1650. The van der Waals surface area contributed by atoms with Gasteiger partial charge in [-0.3, -0.25) is 4.79 Å². The van der Waals surface area contributed by atoms with E-state index in [1.807, 2.05) is 30.0 Å². The first-order valence-electron chi connectivity index (χ1n) is 12.3. The number of amides is 1. The number of primary sulfonamides is 1. The van der Waals surface area contributed by atoms with Gasteiger partial charge in [-0.25, -0.2) is 18.5 Å². The Morgan fingerprint density at radius 1 is 1.13 bits per heavy atom. The van der Waals surface area contributed by atoms with Crippen molar-refractivity contribution in [2.24, 2.45) is 5.14 Å². The highest BCUT2D eigenvalue weighted by Crippen LogP contribution is 2.30. The lowest BCUT2D eigenvalue weighted by molar-refractivity contribution is 0.0665. The monoisotopic (exact) mass is 568 g/mol. The van der Waals surface area contributed by atoms with E-state index in [2.05, 4.69) is 37.5 Å². The van der Waals surface area contributed by atoms with Crippen LogP contribution in [-0.4, -0.2) is 72.3 Å². The van der Waals surface area contributed by atoms with Gasteiger partial charge in [0.05, 0.1) is 17.5 Å². The van der Waals surface area contributed by atoms with Crippen LogP contribution >= 0.6 is 11.6 Å². The number of para-hydroxylation sites is 1. The number of sulfonamides is 1. The van der Waals surface area contributed by atoms with Crippen LogP contribution in [0.25, 0.3) is 10.9 Å². The lowest BCUT2D eigenvalue weighted by Gasteiger charge is -2.32. The van der Waals surface area contributed by atoms with E-state index in [1.165, 1.54) is 6.20 Å². The van der Waals surface area contributed by atoms with E-state index in [0.717, 1.165) is 29.7 Å². The maximum absolute atomic E-state index is 13.3. The van der Waals surface area contributed by atoms with E-state index in [1.54, 1.807) is 24.3 Å². The summed E-state index contributed by atoms with van der Waals surface area (Å²) in [5.41, 5.74) is 4.04. The third-order valence-electron chi connectivity index (χ3n) is 6.62. The van der Waals surface area contributed by atoms with Gasteiger partial charge in [0.1, 0.15) is 5.02 Å². The maximum Gasteiger partial charge on any atom is 0.256 e. The summed E-state index contributed by atoms with van der Waals surface area (Å²) in [5, 5.41) is 12.6. The zero-order chi connectivity index (χ0) is 27.7. The normalized spacial score (nSPS) is 14.5. The molecule has 0 spiro atoms. The van der Waals surface area contributed by atoms with Gasteiger partial charge < -0.3 is 25.4 Å². The number of carbonyl (C=O) groups is 1. The van der Waals surface area contributed by atoms with Crippen molar-refractivity contribution < 1.29 is 13.2 Å². The van der Waals surface area contributed by atoms with Crippen LogP contribution in [0.15, 0.2) is 48.7 Å². The van der Waals surface area contributed by atoms with Gasteiger partial charge in [0, 0.05) is 54.2 Å². The molecule has 1 amide bonds. The van der Waals surface area contributed by atoms with Crippen molar-refractivity contribution in [2.75, 3.05) is 43.9 Å². The van der Waals surface area contributed by atoms with E-state index in [4.69, 9.17) is 16.7 Å². The zero-order valence-corrected chi connectivity index (χ0v) is 23.1. The molecule has 11 nitrogen and oxygen atoms in total. The number of aromatic amines is 1. The molecule has 2 aromatic carbocycles. The number of likely N-dealkylation sites (N-methyl/N-ethyl adjacent to an activating group) is 1. The molecule has 4 aromatic rings. The van der Waals surface area contributed by atoms with Crippen molar-refractivity contribution in [2.45, 2.75) is 12.7 Å². The van der Waals surface area contributed by atoms with Crippen LogP contribution in [0, 0.1) is 6.92 Å². The lowest BCUT2D eigenvalue weighted by atomic mass is 10.1. The van der Waals surface area contributed by atoms with Crippen molar-refractivity contribution in [3.05, 3.63) is 70.5 Å². The molecule has 204 valence electrons. The van der Waals surface area contributed by atoms with Gasteiger partial charge in [-0.15, -0.1) is 0 Å². The molecule has 3 heterocycles. The first kappa shape index (κ1) is 26.9. The summed E-state index contributed by atoms with van der Waals surface area (Å²) in [5.74, 6) is 0.279. The summed E-state index contributed by atoms with van der Waals surface area (Å²) in [7, 11) is -1.67. The highest BCUT2D eigenvalue weighted by atomic mass is 35.5. The van der Waals surface area contributed by atoms with E-state index in [9.17, 15) is 13.2 Å². The summed E-state index contributed by atoms with van der Waals surface area (Å²) in [6, 6.07) is 12.5. The number of fused-ring (bicyclic) bond motifs is 1. The molecule has 0 atom stereocenters. The van der Waals surface area contributed by atoms with Crippen molar-refractivity contribution in [1.82, 2.24) is 24.8 Å². The van der Waals surface area contributed by atoms with E-state index in [0.29, 0.717) is 41.4 Å². The number of aryl methyl sites for hydroxylation is 1. The molecule has 2 aromatic heterocycles. The van der Waals surface area contributed by atoms with Gasteiger partial charge in [-0.2, -0.15) is 4.98 Å². The number of aromatic nitrogens is 3. The number of nitrogens with zero attached hydrogens (tertiary/aromatic N) is 4. The average molecular weight is 569 g/mol. The third kappa shape index (κ3) is 6.14. The van der Waals surface area contributed by atoms with Crippen LogP contribution in [-0.2, 0) is 15.8 Å². The van der Waals surface area contributed by atoms with Gasteiger partial charge in [0.25, 0.3) is 5.91 Å². The summed E-state index contributed by atoms with van der Waals surface area (Å²) in [6.07, 6.45) is 1.45. The minimum absolute atomic E-state index is 0.0343. The number of nitrogens with one attached hydrogen (secondary N) is 3. The Hall–Kier alpha value is -3.71. The molecule has 5 rings (SSSR count). The molecule has 13 heteroatoms. The van der Waals surface area contributed by atoms with Crippen molar-refractivity contribution in [3.63, 3.8) is 0 Å². The second-order valence-electron chi connectivity index (χ2n) is 9.59. The van der Waals surface area contributed by atoms with Gasteiger partial charge in [-0.05, 0) is 43.8 Å². The van der Waals surface area contributed by atoms with Crippen LogP contribution in [0.4, 0.5) is 23.1 Å². The SMILES string of the molecule is Cc1[nH]c2cc(Nc3ncc(Cl)c(Nc4ccccc4CS(N)(=O)=O)n3)ccc2c1C(=O)N1CCN(C)CC1. The molecule has 0 radical (unpaired) electrons. The topological polar surface area (TPSA) is 149 Å². The number of nitrogens with two attached hydrogens (primary N) is 1. The third-order valence-corrected chi connectivity index (χ3v) is 7.61. The van der Waals surface area contributed by atoms with Crippen LogP contribution in [0.3, 0.4) is 0 Å². The molecule has 1 aliphatic heterocycles. The van der Waals surface area contributed by atoms with Crippen molar-refractivity contribution in [3.8, 4) is 0 Å². The number of rotatable bonds is 7. The predicted octanol–water partition coefficient (Wildman–Crippen LogP) is 3.58. The average Bonchev–Trinajstić information content (AvgIpc) is 3.21. The molecule has 1 saturated heterocycles. The maximum atomic E-state index is 13.3. The Labute approximate surface area is 231 Å². The number of carbonyl (C=O) groups excluding carboxylic acids is 1. The van der Waals surface area contributed by atoms with Crippen LogP contribution in [0.5, 0.6) is 0 Å². The number of piperazine rings is 1. The molecule has 1 aliphatic rings. The van der Waals surface area contributed by atoms with Gasteiger partial charge >= 0.3 is 0 Å². The predicted molar refractivity (Wildman–Crippen MR) is 153 cm³/mol. The van der Waals surface area contributed by atoms with Crippen molar-refractivity contribution in [1.29, 1.82) is 0 Å². The van der Waals surface area contributed by atoms with Crippen LogP contribution in [0.1, 0.15) is 21.6 Å². The lowest BCUT2D eigenvalue weighted by Crippen LogP contribution is -2.47. The molecular weight excluding hydrogens is 540 g/mol.